The number of para-hydroxylation sites is 1. The van der Waals surface area contributed by atoms with Crippen LogP contribution in [0.3, 0.4) is 0 Å². The molecule has 6 heteroatoms. The van der Waals surface area contributed by atoms with Gasteiger partial charge in [-0.05, 0) is 18.6 Å². The number of nitrogens with zero attached hydrogens (tertiary/aromatic N) is 2. The highest BCUT2D eigenvalue weighted by Gasteiger charge is 2.39. The SMILES string of the molecule is CCN(CCOC)C(=O)N1c2ccccc2C[C@H]1C(=O)O. The van der Waals surface area contributed by atoms with E-state index in [0.717, 1.165) is 5.56 Å². The number of hydrogen-bond acceptors (Lipinski definition) is 3. The summed E-state index contributed by atoms with van der Waals surface area (Å²) in [5.41, 5.74) is 1.58. The highest BCUT2D eigenvalue weighted by Crippen LogP contribution is 2.33. The van der Waals surface area contributed by atoms with Crippen molar-refractivity contribution in [2.24, 2.45) is 0 Å². The molecule has 114 valence electrons. The molecule has 2 amide bonds. The molecule has 0 radical (unpaired) electrons. The summed E-state index contributed by atoms with van der Waals surface area (Å²) in [7, 11) is 1.57. The van der Waals surface area contributed by atoms with Crippen molar-refractivity contribution in [1.82, 2.24) is 4.90 Å². The van der Waals surface area contributed by atoms with Gasteiger partial charge in [0.2, 0.25) is 0 Å². The third-order valence-electron chi connectivity index (χ3n) is 3.68. The van der Waals surface area contributed by atoms with Crippen molar-refractivity contribution in [2.45, 2.75) is 19.4 Å². The molecule has 0 aliphatic carbocycles. The Bertz CT molecular complexity index is 532. The average Bonchev–Trinajstić information content (AvgIpc) is 2.87. The second-order valence-corrected chi connectivity index (χ2v) is 4.91. The fraction of sp³-hybridized carbons (Fsp3) is 0.467. The first-order chi connectivity index (χ1) is 10.1. The molecule has 1 N–H and O–H groups in total. The third-order valence-corrected chi connectivity index (χ3v) is 3.68. The fourth-order valence-electron chi connectivity index (χ4n) is 2.56. The van der Waals surface area contributed by atoms with Crippen molar-refractivity contribution in [1.29, 1.82) is 0 Å². The number of carbonyl (C=O) groups is 2. The molecule has 0 bridgehead atoms. The number of benzene rings is 1. The molecule has 1 aromatic rings. The van der Waals surface area contributed by atoms with Gasteiger partial charge in [-0.2, -0.15) is 0 Å². The number of methoxy groups -OCH3 is 1. The van der Waals surface area contributed by atoms with E-state index in [0.29, 0.717) is 31.8 Å². The van der Waals surface area contributed by atoms with Gasteiger partial charge in [-0.1, -0.05) is 18.2 Å². The van der Waals surface area contributed by atoms with E-state index in [1.54, 1.807) is 18.1 Å². The standard InChI is InChI=1S/C15H20N2O4/c1-3-16(8-9-21-2)15(20)17-12-7-5-4-6-11(12)10-13(17)14(18)19/h4-7,13H,3,8-10H2,1-2H3,(H,18,19)/t13-/m0/s1. The highest BCUT2D eigenvalue weighted by atomic mass is 16.5. The van der Waals surface area contributed by atoms with E-state index < -0.39 is 12.0 Å². The van der Waals surface area contributed by atoms with E-state index in [9.17, 15) is 14.7 Å². The lowest BCUT2D eigenvalue weighted by molar-refractivity contribution is -0.138. The second kappa shape index (κ2) is 6.58. The molecule has 21 heavy (non-hydrogen) atoms. The Balaban J connectivity index is 2.29. The van der Waals surface area contributed by atoms with Crippen molar-refractivity contribution < 1.29 is 19.4 Å². The summed E-state index contributed by atoms with van der Waals surface area (Å²) in [5.74, 6) is -0.984. The van der Waals surface area contributed by atoms with E-state index in [2.05, 4.69) is 0 Å². The van der Waals surface area contributed by atoms with Gasteiger partial charge in [-0.25, -0.2) is 9.59 Å². The quantitative estimate of drug-likeness (QED) is 0.894. The molecule has 1 aliphatic rings. The molecule has 1 heterocycles. The molecule has 0 saturated carbocycles. The van der Waals surface area contributed by atoms with Gasteiger partial charge in [0.1, 0.15) is 6.04 Å². The monoisotopic (exact) mass is 292 g/mol. The molecule has 0 unspecified atom stereocenters. The molecular weight excluding hydrogens is 272 g/mol. The van der Waals surface area contributed by atoms with Crippen LogP contribution in [0, 0.1) is 0 Å². The Hall–Kier alpha value is -2.08. The van der Waals surface area contributed by atoms with Crippen LogP contribution in [0.1, 0.15) is 12.5 Å². The van der Waals surface area contributed by atoms with Crippen molar-refractivity contribution in [3.63, 3.8) is 0 Å². The van der Waals surface area contributed by atoms with Gasteiger partial charge < -0.3 is 14.7 Å². The van der Waals surface area contributed by atoms with E-state index >= 15 is 0 Å². The first-order valence-corrected chi connectivity index (χ1v) is 6.98. The summed E-state index contributed by atoms with van der Waals surface area (Å²) < 4.78 is 5.00. The summed E-state index contributed by atoms with van der Waals surface area (Å²) >= 11 is 0. The fourth-order valence-corrected chi connectivity index (χ4v) is 2.56. The normalized spacial score (nSPS) is 16.7. The van der Waals surface area contributed by atoms with Crippen molar-refractivity contribution in [3.05, 3.63) is 29.8 Å². The van der Waals surface area contributed by atoms with Gasteiger partial charge in [0.25, 0.3) is 0 Å². The lowest BCUT2D eigenvalue weighted by Crippen LogP contribution is -2.50. The number of ether oxygens (including phenoxy) is 1. The first kappa shape index (κ1) is 15.3. The lowest BCUT2D eigenvalue weighted by Gasteiger charge is -2.30. The van der Waals surface area contributed by atoms with Crippen LogP contribution in [-0.4, -0.2) is 54.9 Å². The number of carboxylic acid groups (broad SMARTS) is 1. The van der Waals surface area contributed by atoms with E-state index in [1.165, 1.54) is 4.90 Å². The summed E-state index contributed by atoms with van der Waals surface area (Å²) in [6, 6.07) is 6.20. The van der Waals surface area contributed by atoms with Gasteiger partial charge >= 0.3 is 12.0 Å². The predicted octanol–water partition coefficient (Wildman–Crippen LogP) is 1.59. The summed E-state index contributed by atoms with van der Waals surface area (Å²) in [4.78, 5) is 27.2. The third kappa shape index (κ3) is 3.00. The molecule has 2 rings (SSSR count). The largest absolute Gasteiger partial charge is 0.480 e. The minimum atomic E-state index is -0.984. The van der Waals surface area contributed by atoms with Crippen LogP contribution in [0.15, 0.2) is 24.3 Å². The van der Waals surface area contributed by atoms with Crippen molar-refractivity contribution >= 4 is 17.7 Å². The molecular formula is C15H20N2O4. The van der Waals surface area contributed by atoms with Crippen LogP contribution >= 0.6 is 0 Å². The highest BCUT2D eigenvalue weighted by molar-refractivity contribution is 6.01. The molecule has 0 fully saturated rings. The maximum atomic E-state index is 12.7. The zero-order chi connectivity index (χ0) is 15.4. The summed E-state index contributed by atoms with van der Waals surface area (Å²) in [6.45, 7) is 3.24. The number of carbonyl (C=O) groups excluding carboxylic acids is 1. The van der Waals surface area contributed by atoms with E-state index in [4.69, 9.17) is 4.74 Å². The number of amides is 2. The molecule has 1 aliphatic heterocycles. The molecule has 0 spiro atoms. The summed E-state index contributed by atoms with van der Waals surface area (Å²) in [6.07, 6.45) is 0.346. The number of carboxylic acids is 1. The number of anilines is 1. The smallest absolute Gasteiger partial charge is 0.327 e. The minimum absolute atomic E-state index is 0.285. The Labute approximate surface area is 123 Å². The van der Waals surface area contributed by atoms with Crippen LogP contribution < -0.4 is 4.90 Å². The first-order valence-electron chi connectivity index (χ1n) is 6.98. The van der Waals surface area contributed by atoms with Gasteiger partial charge in [0.15, 0.2) is 0 Å². The van der Waals surface area contributed by atoms with Crippen LogP contribution in [0.2, 0.25) is 0 Å². The van der Waals surface area contributed by atoms with Gasteiger partial charge in [0, 0.05) is 32.3 Å². The topological polar surface area (TPSA) is 70.1 Å². The number of rotatable bonds is 5. The molecule has 6 nitrogen and oxygen atoms in total. The summed E-state index contributed by atoms with van der Waals surface area (Å²) in [5, 5.41) is 9.40. The van der Waals surface area contributed by atoms with E-state index in [1.807, 2.05) is 25.1 Å². The van der Waals surface area contributed by atoms with E-state index in [-0.39, 0.29) is 6.03 Å². The Kier molecular flexibility index (Phi) is 4.80. The molecule has 1 atom stereocenters. The van der Waals surface area contributed by atoms with Gasteiger partial charge in [-0.3, -0.25) is 4.90 Å². The zero-order valence-electron chi connectivity index (χ0n) is 12.3. The number of urea groups is 1. The van der Waals surface area contributed by atoms with Crippen molar-refractivity contribution in [3.8, 4) is 0 Å². The zero-order valence-corrected chi connectivity index (χ0v) is 12.3. The maximum absolute atomic E-state index is 12.7. The average molecular weight is 292 g/mol. The van der Waals surface area contributed by atoms with Crippen molar-refractivity contribution in [2.75, 3.05) is 31.7 Å². The second-order valence-electron chi connectivity index (χ2n) is 4.91. The number of likely N-dealkylation sites (N-methyl/N-ethyl adjacent to an activating group) is 1. The Morgan fingerprint density at radius 2 is 2.14 bits per heavy atom. The number of aliphatic carboxylic acids is 1. The van der Waals surface area contributed by atoms with Crippen LogP contribution in [0.5, 0.6) is 0 Å². The molecule has 1 aromatic carbocycles. The molecule has 0 saturated heterocycles. The Morgan fingerprint density at radius 3 is 2.76 bits per heavy atom. The number of hydrogen-bond donors (Lipinski definition) is 1. The number of fused-ring (bicyclic) bond motifs is 1. The van der Waals surface area contributed by atoms with Gasteiger partial charge in [-0.15, -0.1) is 0 Å². The lowest BCUT2D eigenvalue weighted by atomic mass is 10.1. The van der Waals surface area contributed by atoms with Crippen LogP contribution in [0.4, 0.5) is 10.5 Å². The molecule has 0 aromatic heterocycles. The van der Waals surface area contributed by atoms with Gasteiger partial charge in [0.05, 0.1) is 6.61 Å². The minimum Gasteiger partial charge on any atom is -0.480 e. The van der Waals surface area contributed by atoms with Crippen LogP contribution in [0.25, 0.3) is 0 Å². The van der Waals surface area contributed by atoms with Crippen LogP contribution in [-0.2, 0) is 16.0 Å². The maximum Gasteiger partial charge on any atom is 0.327 e. The Morgan fingerprint density at radius 1 is 1.43 bits per heavy atom. The predicted molar refractivity (Wildman–Crippen MR) is 78.6 cm³/mol.